The summed E-state index contributed by atoms with van der Waals surface area (Å²) in [5, 5.41) is 2.83. The molecule has 0 aliphatic rings. The van der Waals surface area contributed by atoms with Crippen LogP contribution in [0.2, 0.25) is 5.02 Å². The molecule has 2 N–H and O–H groups in total. The van der Waals surface area contributed by atoms with E-state index in [0.29, 0.717) is 19.6 Å². The molecule has 0 saturated carbocycles. The zero-order valence-corrected chi connectivity index (χ0v) is 18.6. The average Bonchev–Trinajstić information content (AvgIpc) is 2.71. The highest BCUT2D eigenvalue weighted by Gasteiger charge is 2.16. The van der Waals surface area contributed by atoms with E-state index >= 15 is 0 Å². The molecule has 0 saturated heterocycles. The van der Waals surface area contributed by atoms with Crippen molar-refractivity contribution in [2.75, 3.05) is 19.8 Å². The molecule has 0 radical (unpaired) electrons. The van der Waals surface area contributed by atoms with Crippen molar-refractivity contribution >= 4 is 27.5 Å². The molecule has 2 aromatic carbocycles. The first kappa shape index (κ1) is 24.1. The van der Waals surface area contributed by atoms with Gasteiger partial charge in [-0.05, 0) is 44.0 Å². The minimum Gasteiger partial charge on any atom is -0.482 e. The molecule has 30 heavy (non-hydrogen) atoms. The Labute approximate surface area is 182 Å². The van der Waals surface area contributed by atoms with Crippen LogP contribution in [0.5, 0.6) is 5.75 Å². The van der Waals surface area contributed by atoms with Crippen molar-refractivity contribution in [3.05, 3.63) is 59.1 Å². The fourth-order valence-corrected chi connectivity index (χ4v) is 3.78. The van der Waals surface area contributed by atoms with E-state index in [1.165, 1.54) is 18.2 Å². The highest BCUT2D eigenvalue weighted by Crippen LogP contribution is 2.27. The summed E-state index contributed by atoms with van der Waals surface area (Å²) < 4.78 is 38.3. The van der Waals surface area contributed by atoms with Gasteiger partial charge in [0.05, 0.1) is 16.0 Å². The minimum absolute atomic E-state index is 0.0189. The van der Waals surface area contributed by atoms with Gasteiger partial charge in [0, 0.05) is 19.7 Å². The summed E-state index contributed by atoms with van der Waals surface area (Å²) in [7, 11) is -3.73. The number of rotatable bonds is 12. The van der Waals surface area contributed by atoms with Gasteiger partial charge >= 0.3 is 0 Å². The molecule has 2 aromatic rings. The smallest absolute Gasteiger partial charge is 0.257 e. The molecule has 164 valence electrons. The molecule has 0 unspecified atom stereocenters. The van der Waals surface area contributed by atoms with Gasteiger partial charge in [0.25, 0.3) is 5.91 Å². The Morgan fingerprint density at radius 1 is 1.13 bits per heavy atom. The third kappa shape index (κ3) is 8.31. The van der Waals surface area contributed by atoms with Gasteiger partial charge in [0.15, 0.2) is 6.61 Å². The Kier molecular flexibility index (Phi) is 9.58. The largest absolute Gasteiger partial charge is 0.482 e. The SMILES string of the molecule is CC(C)OCCCNC(=O)COc1ccc(S(=O)(=O)NCc2ccccc2)cc1Cl. The third-order valence-electron chi connectivity index (χ3n) is 3.98. The fraction of sp³-hybridized carbons (Fsp3) is 0.381. The lowest BCUT2D eigenvalue weighted by molar-refractivity contribution is -0.123. The van der Waals surface area contributed by atoms with E-state index in [9.17, 15) is 13.2 Å². The monoisotopic (exact) mass is 454 g/mol. The summed E-state index contributed by atoms with van der Waals surface area (Å²) in [5.74, 6) is -0.0613. The number of hydrogen-bond acceptors (Lipinski definition) is 5. The third-order valence-corrected chi connectivity index (χ3v) is 5.67. The predicted octanol–water partition coefficient (Wildman–Crippen LogP) is 3.13. The van der Waals surface area contributed by atoms with Crippen molar-refractivity contribution in [2.45, 2.75) is 37.8 Å². The van der Waals surface area contributed by atoms with E-state index in [-0.39, 0.29) is 40.8 Å². The van der Waals surface area contributed by atoms with Crippen molar-refractivity contribution < 1.29 is 22.7 Å². The lowest BCUT2D eigenvalue weighted by Crippen LogP contribution is -2.30. The van der Waals surface area contributed by atoms with Crippen molar-refractivity contribution in [3.8, 4) is 5.75 Å². The maximum absolute atomic E-state index is 12.5. The van der Waals surface area contributed by atoms with E-state index < -0.39 is 10.0 Å². The number of benzene rings is 2. The molecule has 0 heterocycles. The Hall–Kier alpha value is -2.13. The molecule has 0 aliphatic heterocycles. The van der Waals surface area contributed by atoms with Gasteiger partial charge in [-0.2, -0.15) is 0 Å². The van der Waals surface area contributed by atoms with Crippen molar-refractivity contribution in [3.63, 3.8) is 0 Å². The first-order valence-corrected chi connectivity index (χ1v) is 11.5. The molecule has 7 nitrogen and oxygen atoms in total. The van der Waals surface area contributed by atoms with Crippen LogP contribution in [0.1, 0.15) is 25.8 Å². The second-order valence-corrected chi connectivity index (χ2v) is 8.99. The van der Waals surface area contributed by atoms with Gasteiger partial charge in [0.2, 0.25) is 10.0 Å². The first-order chi connectivity index (χ1) is 14.3. The Bertz CT molecular complexity index is 920. The van der Waals surface area contributed by atoms with Crippen LogP contribution in [0, 0.1) is 0 Å². The predicted molar refractivity (Wildman–Crippen MR) is 116 cm³/mol. The second-order valence-electron chi connectivity index (χ2n) is 6.81. The van der Waals surface area contributed by atoms with E-state index in [4.69, 9.17) is 21.1 Å². The number of ether oxygens (including phenoxy) is 2. The topological polar surface area (TPSA) is 93.7 Å². The number of carbonyl (C=O) groups excluding carboxylic acids is 1. The zero-order valence-electron chi connectivity index (χ0n) is 17.1. The van der Waals surface area contributed by atoms with Crippen LogP contribution < -0.4 is 14.8 Å². The zero-order chi connectivity index (χ0) is 22.0. The van der Waals surface area contributed by atoms with Gasteiger partial charge < -0.3 is 14.8 Å². The molecule has 0 fully saturated rings. The number of halogens is 1. The highest BCUT2D eigenvalue weighted by atomic mass is 35.5. The number of sulfonamides is 1. The standard InChI is InChI=1S/C21H27ClN2O5S/c1-16(2)28-12-6-11-23-21(25)15-29-20-10-9-18(13-19(20)22)30(26,27)24-14-17-7-4-3-5-8-17/h3-5,7-10,13,16,24H,6,11-12,14-15H2,1-2H3,(H,23,25). The van der Waals surface area contributed by atoms with Gasteiger partial charge in [-0.3, -0.25) is 4.79 Å². The summed E-state index contributed by atoms with van der Waals surface area (Å²) in [6.07, 6.45) is 0.860. The van der Waals surface area contributed by atoms with Gasteiger partial charge in [-0.1, -0.05) is 41.9 Å². The molecule has 1 amide bonds. The number of hydrogen-bond donors (Lipinski definition) is 2. The summed E-state index contributed by atoms with van der Waals surface area (Å²) >= 11 is 6.15. The molecule has 0 atom stereocenters. The molecule has 0 aromatic heterocycles. The van der Waals surface area contributed by atoms with Crippen LogP contribution >= 0.6 is 11.6 Å². The molecule has 0 bridgehead atoms. The summed E-state index contributed by atoms with van der Waals surface area (Å²) in [6, 6.07) is 13.3. The van der Waals surface area contributed by atoms with Crippen LogP contribution in [0.15, 0.2) is 53.4 Å². The summed E-state index contributed by atoms with van der Waals surface area (Å²) in [5.41, 5.74) is 0.842. The summed E-state index contributed by atoms with van der Waals surface area (Å²) in [6.45, 7) is 4.90. The number of carbonyl (C=O) groups is 1. The van der Waals surface area contributed by atoms with E-state index in [2.05, 4.69) is 10.0 Å². The second kappa shape index (κ2) is 11.9. The van der Waals surface area contributed by atoms with E-state index in [1.54, 1.807) is 0 Å². The maximum atomic E-state index is 12.5. The van der Waals surface area contributed by atoms with Crippen LogP contribution in [0.3, 0.4) is 0 Å². The minimum atomic E-state index is -3.73. The van der Waals surface area contributed by atoms with Gasteiger partial charge in [-0.25, -0.2) is 13.1 Å². The Morgan fingerprint density at radius 3 is 2.53 bits per heavy atom. The number of amides is 1. The molecule has 0 spiro atoms. The van der Waals surface area contributed by atoms with Crippen LogP contribution in [0.4, 0.5) is 0 Å². The summed E-state index contributed by atoms with van der Waals surface area (Å²) in [4.78, 5) is 11.9. The van der Waals surface area contributed by atoms with Crippen LogP contribution in [-0.4, -0.2) is 40.2 Å². The molecular weight excluding hydrogens is 428 g/mol. The molecule has 0 aliphatic carbocycles. The van der Waals surface area contributed by atoms with Crippen molar-refractivity contribution in [1.29, 1.82) is 0 Å². The van der Waals surface area contributed by atoms with Gasteiger partial charge in [-0.15, -0.1) is 0 Å². The lowest BCUT2D eigenvalue weighted by atomic mass is 10.2. The number of nitrogens with one attached hydrogen (secondary N) is 2. The Morgan fingerprint density at radius 2 is 1.87 bits per heavy atom. The highest BCUT2D eigenvalue weighted by molar-refractivity contribution is 7.89. The quantitative estimate of drug-likeness (QED) is 0.480. The van der Waals surface area contributed by atoms with Gasteiger partial charge in [0.1, 0.15) is 5.75 Å². The van der Waals surface area contributed by atoms with Crippen LogP contribution in [-0.2, 0) is 26.1 Å². The normalized spacial score (nSPS) is 11.5. The molecule has 9 heteroatoms. The maximum Gasteiger partial charge on any atom is 0.257 e. The average molecular weight is 455 g/mol. The van der Waals surface area contributed by atoms with Crippen molar-refractivity contribution in [2.24, 2.45) is 0 Å². The van der Waals surface area contributed by atoms with Crippen molar-refractivity contribution in [1.82, 2.24) is 10.0 Å². The fourth-order valence-electron chi connectivity index (χ4n) is 2.44. The Balaban J connectivity index is 1.83. The molecular formula is C21H27ClN2O5S. The lowest BCUT2D eigenvalue weighted by Gasteiger charge is -2.11. The van der Waals surface area contributed by atoms with E-state index in [0.717, 1.165) is 5.56 Å². The van der Waals surface area contributed by atoms with E-state index in [1.807, 2.05) is 44.2 Å². The van der Waals surface area contributed by atoms with Crippen LogP contribution in [0.25, 0.3) is 0 Å². The first-order valence-electron chi connectivity index (χ1n) is 9.62. The molecule has 2 rings (SSSR count).